The number of alkyl carbamates (subject to hydrolysis) is 1. The van der Waals surface area contributed by atoms with Crippen molar-refractivity contribution in [1.82, 2.24) is 5.32 Å². The van der Waals surface area contributed by atoms with Gasteiger partial charge in [-0.2, -0.15) is 0 Å². The van der Waals surface area contributed by atoms with Gasteiger partial charge in [0.1, 0.15) is 18.8 Å². The second-order valence-corrected chi connectivity index (χ2v) is 6.86. The minimum atomic E-state index is -0.665. The Labute approximate surface area is 158 Å². The Morgan fingerprint density at radius 3 is 2.33 bits per heavy atom. The molecule has 0 aliphatic carbocycles. The van der Waals surface area contributed by atoms with Gasteiger partial charge in [-0.25, -0.2) is 4.79 Å². The van der Waals surface area contributed by atoms with Gasteiger partial charge in [-0.05, 0) is 49.2 Å². The third-order valence-corrected chi connectivity index (χ3v) is 3.64. The minimum absolute atomic E-state index is 0.0711. The predicted molar refractivity (Wildman–Crippen MR) is 101 cm³/mol. The molecule has 2 aromatic carbocycles. The monoisotopic (exact) mass is 375 g/mol. The van der Waals surface area contributed by atoms with Gasteiger partial charge in [-0.1, -0.05) is 18.2 Å². The molecular formula is C20H25NO6. The van der Waals surface area contributed by atoms with Crippen LogP contribution in [-0.4, -0.2) is 38.4 Å². The van der Waals surface area contributed by atoms with Gasteiger partial charge in [0, 0.05) is 0 Å². The fourth-order valence-corrected chi connectivity index (χ4v) is 2.46. The van der Waals surface area contributed by atoms with Gasteiger partial charge < -0.3 is 24.3 Å². The fraction of sp³-hybridized carbons (Fsp3) is 0.400. The van der Waals surface area contributed by atoms with Crippen LogP contribution in [0.4, 0.5) is 4.79 Å². The van der Waals surface area contributed by atoms with Crippen molar-refractivity contribution >= 4 is 22.8 Å². The lowest BCUT2D eigenvalue weighted by molar-refractivity contribution is -0.143. The number of hydrogen-bond donors (Lipinski definition) is 1. The number of amides is 1. The standard InChI is InChI=1S/C20H25NO6/c1-20(2,3)27-19(23)21-11-18(22)26-12-14-8-6-7-13-9-16(24-4)17(25-5)10-15(13)14/h6-10H,11-12H2,1-5H3,(H,21,23). The molecule has 1 N–H and O–H groups in total. The van der Waals surface area contributed by atoms with Crippen LogP contribution in [0.15, 0.2) is 30.3 Å². The van der Waals surface area contributed by atoms with Crippen LogP contribution in [0, 0.1) is 0 Å². The SMILES string of the molecule is COc1cc2cccc(COC(=O)CNC(=O)OC(C)(C)C)c2cc1OC. The summed E-state index contributed by atoms with van der Waals surface area (Å²) in [6.45, 7) is 5.04. The lowest BCUT2D eigenvalue weighted by Crippen LogP contribution is -2.36. The van der Waals surface area contributed by atoms with Crippen molar-refractivity contribution in [3.63, 3.8) is 0 Å². The summed E-state index contributed by atoms with van der Waals surface area (Å²) >= 11 is 0. The van der Waals surface area contributed by atoms with Gasteiger partial charge in [0.05, 0.1) is 14.2 Å². The molecule has 0 saturated carbocycles. The number of methoxy groups -OCH3 is 2. The van der Waals surface area contributed by atoms with Crippen LogP contribution in [0.1, 0.15) is 26.3 Å². The van der Waals surface area contributed by atoms with Crippen LogP contribution in [-0.2, 0) is 20.9 Å². The maximum absolute atomic E-state index is 11.9. The van der Waals surface area contributed by atoms with E-state index in [0.717, 1.165) is 16.3 Å². The zero-order valence-electron chi connectivity index (χ0n) is 16.3. The van der Waals surface area contributed by atoms with Gasteiger partial charge in [0.15, 0.2) is 11.5 Å². The Kier molecular flexibility index (Phi) is 6.50. The number of hydrogen-bond acceptors (Lipinski definition) is 6. The van der Waals surface area contributed by atoms with Crippen molar-refractivity contribution in [3.8, 4) is 11.5 Å². The molecule has 0 atom stereocenters. The first-order valence-electron chi connectivity index (χ1n) is 8.49. The molecule has 0 spiro atoms. The zero-order valence-corrected chi connectivity index (χ0v) is 16.3. The first-order chi connectivity index (χ1) is 12.7. The van der Waals surface area contributed by atoms with E-state index in [4.69, 9.17) is 18.9 Å². The minimum Gasteiger partial charge on any atom is -0.493 e. The Morgan fingerprint density at radius 2 is 1.70 bits per heavy atom. The molecule has 0 aromatic heterocycles. The van der Waals surface area contributed by atoms with E-state index in [1.165, 1.54) is 0 Å². The van der Waals surface area contributed by atoms with Crippen molar-refractivity contribution in [2.24, 2.45) is 0 Å². The first kappa shape index (κ1) is 20.4. The number of ether oxygens (including phenoxy) is 4. The molecule has 7 heteroatoms. The lowest BCUT2D eigenvalue weighted by atomic mass is 10.0. The molecule has 2 rings (SSSR count). The number of esters is 1. The summed E-state index contributed by atoms with van der Waals surface area (Å²) in [6.07, 6.45) is -0.665. The Bertz CT molecular complexity index is 825. The lowest BCUT2D eigenvalue weighted by Gasteiger charge is -2.19. The quantitative estimate of drug-likeness (QED) is 0.779. The first-order valence-corrected chi connectivity index (χ1v) is 8.49. The molecule has 0 unspecified atom stereocenters. The molecule has 0 radical (unpaired) electrons. The summed E-state index contributed by atoms with van der Waals surface area (Å²) in [5, 5.41) is 4.20. The second kappa shape index (κ2) is 8.62. The summed E-state index contributed by atoms with van der Waals surface area (Å²) < 4.78 is 21.0. The molecule has 0 bridgehead atoms. The summed E-state index contributed by atoms with van der Waals surface area (Å²) in [5.74, 6) is 0.661. The molecule has 27 heavy (non-hydrogen) atoms. The van der Waals surface area contributed by atoms with Gasteiger partial charge in [0.2, 0.25) is 0 Å². The van der Waals surface area contributed by atoms with Crippen LogP contribution >= 0.6 is 0 Å². The fourth-order valence-electron chi connectivity index (χ4n) is 2.46. The number of fused-ring (bicyclic) bond motifs is 1. The maximum atomic E-state index is 11.9. The highest BCUT2D eigenvalue weighted by Crippen LogP contribution is 2.33. The van der Waals surface area contributed by atoms with Crippen LogP contribution in [0.2, 0.25) is 0 Å². The molecule has 1 amide bonds. The van der Waals surface area contributed by atoms with E-state index in [1.807, 2.05) is 30.3 Å². The van der Waals surface area contributed by atoms with Crippen LogP contribution < -0.4 is 14.8 Å². The van der Waals surface area contributed by atoms with Gasteiger partial charge >= 0.3 is 12.1 Å². The summed E-state index contributed by atoms with van der Waals surface area (Å²) in [5.41, 5.74) is 0.191. The van der Waals surface area contributed by atoms with Crippen LogP contribution in [0.3, 0.4) is 0 Å². The Balaban J connectivity index is 2.02. The Hall–Kier alpha value is -2.96. The van der Waals surface area contributed by atoms with Crippen molar-refractivity contribution in [1.29, 1.82) is 0 Å². The van der Waals surface area contributed by atoms with Gasteiger partial charge in [-0.15, -0.1) is 0 Å². The van der Waals surface area contributed by atoms with Crippen molar-refractivity contribution < 1.29 is 28.5 Å². The number of rotatable bonds is 6. The smallest absolute Gasteiger partial charge is 0.408 e. The highest BCUT2D eigenvalue weighted by Gasteiger charge is 2.17. The number of carbonyl (C=O) groups excluding carboxylic acids is 2. The molecule has 0 heterocycles. The second-order valence-electron chi connectivity index (χ2n) is 6.86. The average Bonchev–Trinajstić information content (AvgIpc) is 2.61. The maximum Gasteiger partial charge on any atom is 0.408 e. The molecule has 0 aliphatic rings. The third-order valence-electron chi connectivity index (χ3n) is 3.64. The van der Waals surface area contributed by atoms with Crippen molar-refractivity contribution in [3.05, 3.63) is 35.9 Å². The normalized spacial score (nSPS) is 11.0. The van der Waals surface area contributed by atoms with Gasteiger partial charge in [0.25, 0.3) is 0 Å². The van der Waals surface area contributed by atoms with E-state index in [1.54, 1.807) is 35.0 Å². The highest BCUT2D eigenvalue weighted by molar-refractivity contribution is 5.89. The zero-order chi connectivity index (χ0) is 20.0. The van der Waals surface area contributed by atoms with Gasteiger partial charge in [-0.3, -0.25) is 4.79 Å². The third kappa shape index (κ3) is 5.77. The topological polar surface area (TPSA) is 83.1 Å². The van der Waals surface area contributed by atoms with Crippen molar-refractivity contribution in [2.75, 3.05) is 20.8 Å². The molecule has 0 saturated heterocycles. The summed E-state index contributed by atoms with van der Waals surface area (Å²) in [4.78, 5) is 23.5. The molecule has 146 valence electrons. The van der Waals surface area contributed by atoms with E-state index >= 15 is 0 Å². The molecular weight excluding hydrogens is 350 g/mol. The van der Waals surface area contributed by atoms with E-state index in [0.29, 0.717) is 11.5 Å². The van der Waals surface area contributed by atoms with Crippen molar-refractivity contribution in [2.45, 2.75) is 33.0 Å². The highest BCUT2D eigenvalue weighted by atomic mass is 16.6. The van der Waals surface area contributed by atoms with E-state index in [2.05, 4.69) is 5.32 Å². The number of benzene rings is 2. The molecule has 2 aromatic rings. The molecule has 0 aliphatic heterocycles. The predicted octanol–water partition coefficient (Wildman–Crippen LogP) is 3.42. The van der Waals surface area contributed by atoms with Crippen LogP contribution in [0.25, 0.3) is 10.8 Å². The van der Waals surface area contributed by atoms with Crippen LogP contribution in [0.5, 0.6) is 11.5 Å². The average molecular weight is 375 g/mol. The Morgan fingerprint density at radius 1 is 1.04 bits per heavy atom. The number of nitrogens with one attached hydrogen (secondary N) is 1. The summed E-state index contributed by atoms with van der Waals surface area (Å²) in [6, 6.07) is 9.38. The van der Waals surface area contributed by atoms with E-state index in [-0.39, 0.29) is 13.2 Å². The largest absolute Gasteiger partial charge is 0.493 e. The number of carbonyl (C=O) groups is 2. The van der Waals surface area contributed by atoms with E-state index in [9.17, 15) is 9.59 Å². The van der Waals surface area contributed by atoms with E-state index < -0.39 is 17.7 Å². The molecule has 0 fully saturated rings. The molecule has 7 nitrogen and oxygen atoms in total. The summed E-state index contributed by atoms with van der Waals surface area (Å²) in [7, 11) is 3.14.